The van der Waals surface area contributed by atoms with Crippen molar-refractivity contribution in [1.29, 1.82) is 0 Å². The van der Waals surface area contributed by atoms with Gasteiger partial charge in [-0.15, -0.1) is 0 Å². The van der Waals surface area contributed by atoms with Gasteiger partial charge >= 0.3 is 5.97 Å². The largest absolute Gasteiger partial charge is 0.465 e. The predicted molar refractivity (Wildman–Crippen MR) is 101 cm³/mol. The van der Waals surface area contributed by atoms with E-state index in [0.717, 1.165) is 11.1 Å². The van der Waals surface area contributed by atoms with Crippen molar-refractivity contribution >= 4 is 28.8 Å². The molecule has 26 heavy (non-hydrogen) atoms. The Morgan fingerprint density at radius 2 is 1.81 bits per heavy atom. The van der Waals surface area contributed by atoms with Gasteiger partial charge in [0.25, 0.3) is 5.91 Å². The number of nitrogens with zero attached hydrogens (tertiary/aromatic N) is 1. The lowest BCUT2D eigenvalue weighted by atomic mass is 10.0. The summed E-state index contributed by atoms with van der Waals surface area (Å²) < 4.78 is 4.70. The first kappa shape index (κ1) is 17.7. The normalized spacial score (nSPS) is 21.5. The first-order valence-corrected chi connectivity index (χ1v) is 8.38. The number of esters is 1. The smallest absolute Gasteiger partial charge is 0.353 e. The number of carbonyl (C=O) groups excluding carboxylic acids is 2. The summed E-state index contributed by atoms with van der Waals surface area (Å²) in [5.74, 6) is -0.564. The minimum absolute atomic E-state index is 0.0222. The van der Waals surface area contributed by atoms with E-state index in [1.54, 1.807) is 6.08 Å². The molecule has 0 radical (unpaired) electrons. The van der Waals surface area contributed by atoms with Crippen LogP contribution in [0.25, 0.3) is 5.57 Å². The molecule has 2 atom stereocenters. The number of allylic oxidation sites excluding steroid dienone is 4. The van der Waals surface area contributed by atoms with E-state index >= 15 is 0 Å². The van der Waals surface area contributed by atoms with Gasteiger partial charge in [0.05, 0.1) is 7.11 Å². The molecule has 134 valence electrons. The number of nitrogens with one attached hydrogen (secondary N) is 1. The van der Waals surface area contributed by atoms with Crippen molar-refractivity contribution in [3.8, 4) is 0 Å². The van der Waals surface area contributed by atoms with Crippen molar-refractivity contribution in [2.45, 2.75) is 13.8 Å². The fraction of sp³-hybridized carbons (Fsp3) is 0.250. The second kappa shape index (κ2) is 7.00. The minimum atomic E-state index is -0.487. The highest BCUT2D eigenvalue weighted by atomic mass is 16.5. The summed E-state index contributed by atoms with van der Waals surface area (Å²) in [4.78, 5) is 28.5. The molecule has 1 amide bonds. The second-order valence-electron chi connectivity index (χ2n) is 6.42. The quantitative estimate of drug-likeness (QED) is 0.643. The highest BCUT2D eigenvalue weighted by molar-refractivity contribution is 6.38. The lowest BCUT2D eigenvalue weighted by Gasteiger charge is -2.08. The number of aliphatic imine (C=N–C) groups is 1. The average molecular weight is 351 g/mol. The molecule has 1 aromatic rings. The molecule has 2 aliphatic rings. The molecule has 0 spiro atoms. The molecular formula is C20H21N3O3. The number of amides is 1. The van der Waals surface area contributed by atoms with Crippen LogP contribution in [0, 0.1) is 11.8 Å². The first-order valence-electron chi connectivity index (χ1n) is 8.38. The number of rotatable bonds is 4. The number of benzene rings is 1. The predicted octanol–water partition coefficient (Wildman–Crippen LogP) is 2.45. The van der Waals surface area contributed by atoms with Crippen molar-refractivity contribution < 1.29 is 14.3 Å². The van der Waals surface area contributed by atoms with Crippen LogP contribution < -0.4 is 11.1 Å². The van der Waals surface area contributed by atoms with Gasteiger partial charge in [0.1, 0.15) is 11.5 Å². The van der Waals surface area contributed by atoms with Crippen LogP contribution in [-0.4, -0.2) is 24.7 Å². The fourth-order valence-electron chi connectivity index (χ4n) is 3.01. The molecule has 1 aliphatic carbocycles. The SMILES string of the molecule is COC(=O)C1=NC(NC(=O)C2=CC(c3ccc(N)cc3)=CC2C)=CC1C. The monoisotopic (exact) mass is 351 g/mol. The zero-order valence-corrected chi connectivity index (χ0v) is 14.9. The minimum Gasteiger partial charge on any atom is -0.465 e. The van der Waals surface area contributed by atoms with Crippen molar-refractivity contribution in [1.82, 2.24) is 5.32 Å². The molecule has 3 N–H and O–H groups in total. The van der Waals surface area contributed by atoms with E-state index in [-0.39, 0.29) is 23.5 Å². The third-order valence-electron chi connectivity index (χ3n) is 4.45. The Kier molecular flexibility index (Phi) is 4.75. The van der Waals surface area contributed by atoms with Crippen LogP contribution in [0.5, 0.6) is 0 Å². The van der Waals surface area contributed by atoms with E-state index in [0.29, 0.717) is 17.1 Å². The molecule has 1 aliphatic heterocycles. The molecule has 0 saturated heterocycles. The van der Waals surface area contributed by atoms with Gasteiger partial charge in [-0.1, -0.05) is 32.1 Å². The van der Waals surface area contributed by atoms with E-state index in [2.05, 4.69) is 10.3 Å². The van der Waals surface area contributed by atoms with Gasteiger partial charge in [-0.25, -0.2) is 9.79 Å². The maximum absolute atomic E-state index is 12.6. The summed E-state index contributed by atoms with van der Waals surface area (Å²) in [7, 11) is 1.31. The highest BCUT2D eigenvalue weighted by Gasteiger charge is 2.27. The summed E-state index contributed by atoms with van der Waals surface area (Å²) >= 11 is 0. The van der Waals surface area contributed by atoms with E-state index in [9.17, 15) is 9.59 Å². The van der Waals surface area contributed by atoms with Crippen molar-refractivity contribution in [2.75, 3.05) is 12.8 Å². The number of nitrogens with two attached hydrogens (primary N) is 1. The fourth-order valence-corrected chi connectivity index (χ4v) is 3.01. The third kappa shape index (κ3) is 3.44. The molecule has 0 bridgehead atoms. The molecule has 0 saturated carbocycles. The molecular weight excluding hydrogens is 330 g/mol. The number of methoxy groups -OCH3 is 1. The van der Waals surface area contributed by atoms with Crippen molar-refractivity contribution in [3.63, 3.8) is 0 Å². The van der Waals surface area contributed by atoms with Crippen molar-refractivity contribution in [2.24, 2.45) is 16.8 Å². The lowest BCUT2D eigenvalue weighted by molar-refractivity contribution is -0.133. The molecule has 6 heteroatoms. The van der Waals surface area contributed by atoms with Crippen LogP contribution in [0.15, 0.2) is 58.9 Å². The number of anilines is 1. The number of ether oxygens (including phenoxy) is 1. The average Bonchev–Trinajstić information content (AvgIpc) is 3.17. The Hall–Kier alpha value is -3.15. The van der Waals surface area contributed by atoms with Crippen LogP contribution in [-0.2, 0) is 14.3 Å². The molecule has 1 heterocycles. The standard InChI is InChI=1S/C20H21N3O3/c1-11-8-14(13-4-6-15(21)7-5-13)10-16(11)19(24)23-17-9-12(2)18(22-17)20(25)26-3/h4-12H,21H2,1-3H3,(H,23,24). The Balaban J connectivity index is 1.74. The second-order valence-corrected chi connectivity index (χ2v) is 6.42. The van der Waals surface area contributed by atoms with Gasteiger partial charge in [0.15, 0.2) is 0 Å². The van der Waals surface area contributed by atoms with Gasteiger partial charge in [0, 0.05) is 23.1 Å². The highest BCUT2D eigenvalue weighted by Crippen LogP contribution is 2.31. The Morgan fingerprint density at radius 1 is 1.12 bits per heavy atom. The van der Waals surface area contributed by atoms with Crippen molar-refractivity contribution in [3.05, 3.63) is 59.5 Å². The number of hydrogen-bond acceptors (Lipinski definition) is 5. The Bertz CT molecular complexity index is 876. The van der Waals surface area contributed by atoms with Gasteiger partial charge in [-0.05, 0) is 35.4 Å². The van der Waals surface area contributed by atoms with Crippen LogP contribution in [0.2, 0.25) is 0 Å². The maximum atomic E-state index is 12.6. The van der Waals surface area contributed by atoms with E-state index < -0.39 is 5.97 Å². The number of nitrogen functional groups attached to an aromatic ring is 1. The molecule has 0 fully saturated rings. The van der Waals surface area contributed by atoms with Crippen LogP contribution >= 0.6 is 0 Å². The van der Waals surface area contributed by atoms with Crippen LogP contribution in [0.1, 0.15) is 19.4 Å². The Morgan fingerprint density at radius 3 is 2.46 bits per heavy atom. The number of hydrogen-bond donors (Lipinski definition) is 2. The number of carbonyl (C=O) groups is 2. The van der Waals surface area contributed by atoms with E-state index in [1.165, 1.54) is 7.11 Å². The maximum Gasteiger partial charge on any atom is 0.353 e. The summed E-state index contributed by atoms with van der Waals surface area (Å²) in [5, 5.41) is 2.78. The van der Waals surface area contributed by atoms with Crippen LogP contribution in [0.3, 0.4) is 0 Å². The summed E-state index contributed by atoms with van der Waals surface area (Å²) in [6, 6.07) is 7.53. The third-order valence-corrected chi connectivity index (χ3v) is 4.45. The molecule has 2 unspecified atom stereocenters. The first-order chi connectivity index (χ1) is 12.4. The van der Waals surface area contributed by atoms with Gasteiger partial charge in [0.2, 0.25) is 0 Å². The van der Waals surface area contributed by atoms with Gasteiger partial charge < -0.3 is 15.8 Å². The zero-order valence-electron chi connectivity index (χ0n) is 14.9. The van der Waals surface area contributed by atoms with Gasteiger partial charge in [-0.3, -0.25) is 4.79 Å². The lowest BCUT2D eigenvalue weighted by Crippen LogP contribution is -2.25. The van der Waals surface area contributed by atoms with Crippen LogP contribution in [0.4, 0.5) is 5.69 Å². The topological polar surface area (TPSA) is 93.8 Å². The van der Waals surface area contributed by atoms with Gasteiger partial charge in [-0.2, -0.15) is 0 Å². The summed E-state index contributed by atoms with van der Waals surface area (Å²) in [6.45, 7) is 3.79. The van der Waals surface area contributed by atoms with E-state index in [4.69, 9.17) is 10.5 Å². The summed E-state index contributed by atoms with van der Waals surface area (Å²) in [6.07, 6.45) is 5.64. The molecule has 6 nitrogen and oxygen atoms in total. The molecule has 1 aromatic carbocycles. The summed E-state index contributed by atoms with van der Waals surface area (Å²) in [5.41, 5.74) is 9.34. The Labute approximate surface area is 152 Å². The zero-order chi connectivity index (χ0) is 18.8. The molecule has 3 rings (SSSR count). The molecule has 0 aromatic heterocycles. The van der Waals surface area contributed by atoms with E-state index in [1.807, 2.05) is 50.3 Å².